The Kier molecular flexibility index (Phi) is 3.75. The Labute approximate surface area is 125 Å². The summed E-state index contributed by atoms with van der Waals surface area (Å²) >= 11 is 0. The number of rotatable bonds is 1. The number of aromatic nitrogens is 2. The molecule has 21 heavy (non-hydrogen) atoms. The van der Waals surface area contributed by atoms with Crippen LogP contribution in [-0.2, 0) is 11.8 Å². The fraction of sp³-hybridized carbons (Fsp3) is 0.733. The van der Waals surface area contributed by atoms with E-state index in [4.69, 9.17) is 4.74 Å². The molecule has 6 nitrogen and oxygen atoms in total. The molecule has 1 amide bonds. The molecule has 1 aromatic rings. The predicted octanol–water partition coefficient (Wildman–Crippen LogP) is 0.582. The van der Waals surface area contributed by atoms with Crippen LogP contribution < -0.4 is 0 Å². The summed E-state index contributed by atoms with van der Waals surface area (Å²) in [4.78, 5) is 17.3. The molecule has 3 heterocycles. The summed E-state index contributed by atoms with van der Waals surface area (Å²) in [6, 6.07) is 0.156. The molecule has 2 aliphatic heterocycles. The van der Waals surface area contributed by atoms with E-state index in [1.54, 1.807) is 4.68 Å². The monoisotopic (exact) mass is 292 g/mol. The molecule has 0 saturated carbocycles. The first-order valence-corrected chi connectivity index (χ1v) is 7.60. The highest BCUT2D eigenvalue weighted by molar-refractivity contribution is 5.96. The Morgan fingerprint density at radius 2 is 2.05 bits per heavy atom. The second-order valence-electron chi connectivity index (χ2n) is 6.20. The highest BCUT2D eigenvalue weighted by atomic mass is 16.5. The fourth-order valence-corrected chi connectivity index (χ4v) is 3.51. The summed E-state index contributed by atoms with van der Waals surface area (Å²) in [6.07, 6.45) is 1.17. The molecule has 2 saturated heterocycles. The number of likely N-dealkylation sites (N-methyl/N-ethyl adjacent to an activating group) is 1. The van der Waals surface area contributed by atoms with Crippen molar-refractivity contribution in [2.75, 3.05) is 33.3 Å². The Morgan fingerprint density at radius 3 is 2.71 bits per heavy atom. The zero-order chi connectivity index (χ0) is 15.1. The van der Waals surface area contributed by atoms with Crippen molar-refractivity contribution in [3.63, 3.8) is 0 Å². The van der Waals surface area contributed by atoms with Crippen LogP contribution >= 0.6 is 0 Å². The number of morpholine rings is 1. The molecule has 0 aliphatic carbocycles. The Morgan fingerprint density at radius 1 is 1.29 bits per heavy atom. The van der Waals surface area contributed by atoms with E-state index in [9.17, 15) is 4.79 Å². The van der Waals surface area contributed by atoms with E-state index in [2.05, 4.69) is 17.0 Å². The molecule has 0 N–H and O–H groups in total. The first-order chi connectivity index (χ1) is 9.99. The number of hydrogen-bond donors (Lipinski definition) is 0. The largest absolute Gasteiger partial charge is 0.374 e. The molecule has 0 radical (unpaired) electrons. The molecular formula is C15H24N4O2. The first-order valence-electron chi connectivity index (χ1n) is 7.60. The molecule has 116 valence electrons. The molecule has 2 atom stereocenters. The smallest absolute Gasteiger partial charge is 0.258 e. The van der Waals surface area contributed by atoms with Crippen LogP contribution in [0.25, 0.3) is 0 Å². The lowest BCUT2D eigenvalue weighted by Gasteiger charge is -2.46. The standard InChI is InChI=1S/C15H24N4O2/c1-10-14(11(2)18(4)16-10)15(20)19-7-8-21-13-5-6-17(3)9-12(13)19/h12-13H,5-9H2,1-4H3/t12-,13+/m1/s1. The number of carbonyl (C=O) groups is 1. The molecular weight excluding hydrogens is 268 g/mol. The van der Waals surface area contributed by atoms with Crippen molar-refractivity contribution in [2.24, 2.45) is 7.05 Å². The zero-order valence-electron chi connectivity index (χ0n) is 13.3. The summed E-state index contributed by atoms with van der Waals surface area (Å²) in [7, 11) is 3.99. The van der Waals surface area contributed by atoms with Crippen molar-refractivity contribution in [1.29, 1.82) is 0 Å². The van der Waals surface area contributed by atoms with E-state index < -0.39 is 0 Å². The van der Waals surface area contributed by atoms with Gasteiger partial charge in [0.05, 0.1) is 30.0 Å². The maximum Gasteiger partial charge on any atom is 0.258 e. The van der Waals surface area contributed by atoms with Gasteiger partial charge in [0.15, 0.2) is 0 Å². The van der Waals surface area contributed by atoms with E-state index in [0.29, 0.717) is 13.2 Å². The van der Waals surface area contributed by atoms with Crippen LogP contribution in [0.5, 0.6) is 0 Å². The highest BCUT2D eigenvalue weighted by Gasteiger charge is 2.39. The van der Waals surface area contributed by atoms with Gasteiger partial charge in [-0.3, -0.25) is 9.48 Å². The third kappa shape index (κ3) is 2.46. The van der Waals surface area contributed by atoms with Gasteiger partial charge in [0.25, 0.3) is 5.91 Å². The summed E-state index contributed by atoms with van der Waals surface area (Å²) in [5, 5.41) is 4.37. The van der Waals surface area contributed by atoms with Crippen LogP contribution in [0.2, 0.25) is 0 Å². The molecule has 2 fully saturated rings. The Bertz CT molecular complexity index is 554. The van der Waals surface area contributed by atoms with Crippen LogP contribution in [0, 0.1) is 13.8 Å². The summed E-state index contributed by atoms with van der Waals surface area (Å²) in [5.41, 5.74) is 2.50. The molecule has 0 unspecified atom stereocenters. The summed E-state index contributed by atoms with van der Waals surface area (Å²) < 4.78 is 7.66. The molecule has 2 aliphatic rings. The van der Waals surface area contributed by atoms with Gasteiger partial charge < -0.3 is 14.5 Å². The second-order valence-corrected chi connectivity index (χ2v) is 6.20. The maximum atomic E-state index is 13.0. The summed E-state index contributed by atoms with van der Waals surface area (Å²) in [5.74, 6) is 0.103. The van der Waals surface area contributed by atoms with Crippen LogP contribution in [0.4, 0.5) is 0 Å². The molecule has 0 bridgehead atoms. The van der Waals surface area contributed by atoms with Crippen LogP contribution in [-0.4, -0.2) is 70.9 Å². The van der Waals surface area contributed by atoms with Gasteiger partial charge in [0, 0.05) is 32.4 Å². The Balaban J connectivity index is 1.89. The van der Waals surface area contributed by atoms with Crippen molar-refractivity contribution >= 4 is 5.91 Å². The lowest BCUT2D eigenvalue weighted by molar-refractivity contribution is -0.0870. The van der Waals surface area contributed by atoms with Crippen LogP contribution in [0.15, 0.2) is 0 Å². The molecule has 6 heteroatoms. The van der Waals surface area contributed by atoms with Crippen molar-refractivity contribution in [1.82, 2.24) is 19.6 Å². The number of ether oxygens (including phenoxy) is 1. The van der Waals surface area contributed by atoms with E-state index in [1.165, 1.54) is 0 Å². The number of nitrogens with zero attached hydrogens (tertiary/aromatic N) is 4. The number of amides is 1. The fourth-order valence-electron chi connectivity index (χ4n) is 3.51. The van der Waals surface area contributed by atoms with E-state index >= 15 is 0 Å². The number of fused-ring (bicyclic) bond motifs is 1. The van der Waals surface area contributed by atoms with Crippen molar-refractivity contribution in [2.45, 2.75) is 32.4 Å². The van der Waals surface area contributed by atoms with E-state index in [-0.39, 0.29) is 18.1 Å². The molecule has 0 aromatic carbocycles. The van der Waals surface area contributed by atoms with Gasteiger partial charge in [-0.15, -0.1) is 0 Å². The minimum atomic E-state index is 0.103. The number of aryl methyl sites for hydroxylation is 2. The minimum Gasteiger partial charge on any atom is -0.374 e. The van der Waals surface area contributed by atoms with Gasteiger partial charge in [-0.2, -0.15) is 5.10 Å². The lowest BCUT2D eigenvalue weighted by atomic mass is 9.98. The third-order valence-electron chi connectivity index (χ3n) is 4.77. The second kappa shape index (κ2) is 5.42. The SMILES string of the molecule is Cc1nn(C)c(C)c1C(=O)N1CCO[C@H]2CCN(C)C[C@H]21. The van der Waals surface area contributed by atoms with E-state index in [1.807, 2.05) is 25.8 Å². The average molecular weight is 292 g/mol. The van der Waals surface area contributed by atoms with Gasteiger partial charge in [-0.1, -0.05) is 0 Å². The first kappa shape index (κ1) is 14.5. The minimum absolute atomic E-state index is 0.103. The van der Waals surface area contributed by atoms with Crippen molar-refractivity contribution in [3.8, 4) is 0 Å². The quantitative estimate of drug-likeness (QED) is 0.760. The molecule has 0 spiro atoms. The molecule has 1 aromatic heterocycles. The van der Waals surface area contributed by atoms with Crippen molar-refractivity contribution < 1.29 is 9.53 Å². The van der Waals surface area contributed by atoms with Gasteiger partial charge in [0.2, 0.25) is 0 Å². The Hall–Kier alpha value is -1.40. The maximum absolute atomic E-state index is 13.0. The normalized spacial score (nSPS) is 26.8. The average Bonchev–Trinajstić information content (AvgIpc) is 2.71. The van der Waals surface area contributed by atoms with Gasteiger partial charge in [-0.05, 0) is 27.3 Å². The summed E-state index contributed by atoms with van der Waals surface area (Å²) in [6.45, 7) is 7.09. The number of carbonyl (C=O) groups excluding carboxylic acids is 1. The van der Waals surface area contributed by atoms with Gasteiger partial charge >= 0.3 is 0 Å². The number of piperidine rings is 1. The van der Waals surface area contributed by atoms with E-state index in [0.717, 1.165) is 36.5 Å². The number of likely N-dealkylation sites (tertiary alicyclic amines) is 1. The van der Waals surface area contributed by atoms with Crippen LogP contribution in [0.3, 0.4) is 0 Å². The van der Waals surface area contributed by atoms with Gasteiger partial charge in [-0.25, -0.2) is 0 Å². The van der Waals surface area contributed by atoms with Gasteiger partial charge in [0.1, 0.15) is 0 Å². The number of hydrogen-bond acceptors (Lipinski definition) is 4. The van der Waals surface area contributed by atoms with Crippen LogP contribution in [0.1, 0.15) is 28.2 Å². The highest BCUT2D eigenvalue weighted by Crippen LogP contribution is 2.25. The predicted molar refractivity (Wildman–Crippen MR) is 79.4 cm³/mol. The molecule has 3 rings (SSSR count). The zero-order valence-corrected chi connectivity index (χ0v) is 13.3. The van der Waals surface area contributed by atoms with Crippen molar-refractivity contribution in [3.05, 3.63) is 17.0 Å². The third-order valence-corrected chi connectivity index (χ3v) is 4.77. The lowest BCUT2D eigenvalue weighted by Crippen LogP contribution is -2.60. The topological polar surface area (TPSA) is 50.6 Å².